The molecule has 1 amide bonds. The lowest BCUT2D eigenvalue weighted by molar-refractivity contribution is 0.0995. The summed E-state index contributed by atoms with van der Waals surface area (Å²) in [6, 6.07) is 1.60. The number of hydrogen-bond donors (Lipinski definition) is 2. The van der Waals surface area contributed by atoms with Gasteiger partial charge in [-0.05, 0) is 30.0 Å². The molecule has 0 radical (unpaired) electrons. The van der Waals surface area contributed by atoms with E-state index < -0.39 is 5.91 Å². The van der Waals surface area contributed by atoms with Gasteiger partial charge in [0.25, 0.3) is 5.91 Å². The Kier molecular flexibility index (Phi) is 2.46. The highest BCUT2D eigenvalue weighted by Crippen LogP contribution is 2.38. The molecule has 0 bridgehead atoms. The van der Waals surface area contributed by atoms with Crippen molar-refractivity contribution in [2.45, 2.75) is 38.7 Å². The maximum absolute atomic E-state index is 11.2. The van der Waals surface area contributed by atoms with Crippen LogP contribution >= 0.6 is 0 Å². The van der Waals surface area contributed by atoms with Crippen LogP contribution in [0.15, 0.2) is 6.07 Å². The lowest BCUT2D eigenvalue weighted by atomic mass is 9.90. The summed E-state index contributed by atoms with van der Waals surface area (Å²) < 4.78 is 0. The van der Waals surface area contributed by atoms with Gasteiger partial charge in [-0.1, -0.05) is 13.8 Å². The molecule has 3 N–H and O–H groups in total. The topological polar surface area (TPSA) is 76.2 Å². The minimum absolute atomic E-state index is 0.0370. The van der Waals surface area contributed by atoms with Gasteiger partial charge >= 0.3 is 0 Å². The van der Waals surface area contributed by atoms with Gasteiger partial charge in [-0.2, -0.15) is 0 Å². The van der Waals surface area contributed by atoms with Gasteiger partial charge in [0.2, 0.25) is 0 Å². The predicted molar refractivity (Wildman–Crippen MR) is 60.0 cm³/mol. The molecular formula is C12H16N2O2. The van der Waals surface area contributed by atoms with E-state index in [1.807, 2.05) is 0 Å². The van der Waals surface area contributed by atoms with Gasteiger partial charge in [0.15, 0.2) is 0 Å². The van der Waals surface area contributed by atoms with Gasteiger partial charge in [-0.25, -0.2) is 4.98 Å². The fourth-order valence-electron chi connectivity index (χ4n) is 2.29. The molecule has 0 spiro atoms. The normalized spacial score (nSPS) is 17.2. The molecule has 0 unspecified atom stereocenters. The summed E-state index contributed by atoms with van der Waals surface area (Å²) in [6.07, 6.45) is 1.90. The van der Waals surface area contributed by atoms with E-state index >= 15 is 0 Å². The number of nitrogens with zero attached hydrogens (tertiary/aromatic N) is 1. The van der Waals surface area contributed by atoms with Crippen LogP contribution in [0.3, 0.4) is 0 Å². The highest BCUT2D eigenvalue weighted by atomic mass is 16.3. The molecule has 0 aromatic carbocycles. The number of carbonyl (C=O) groups excluding carboxylic acids is 1. The molecule has 4 nitrogen and oxygen atoms in total. The third kappa shape index (κ3) is 1.59. The average Bonchev–Trinajstić information content (AvgIpc) is 2.54. The van der Waals surface area contributed by atoms with Gasteiger partial charge in [0.1, 0.15) is 5.69 Å². The van der Waals surface area contributed by atoms with Crippen LogP contribution in [0.1, 0.15) is 47.6 Å². The summed E-state index contributed by atoms with van der Waals surface area (Å²) in [5.74, 6) is -0.541. The van der Waals surface area contributed by atoms with Crippen LogP contribution in [-0.2, 0) is 18.4 Å². The minimum atomic E-state index is -0.541. The summed E-state index contributed by atoms with van der Waals surface area (Å²) in [7, 11) is 0. The second kappa shape index (κ2) is 3.56. The zero-order valence-electron chi connectivity index (χ0n) is 9.58. The third-order valence-corrected chi connectivity index (χ3v) is 3.28. The number of hydrogen-bond acceptors (Lipinski definition) is 3. The van der Waals surface area contributed by atoms with Crippen molar-refractivity contribution in [3.63, 3.8) is 0 Å². The Hall–Kier alpha value is -1.42. The monoisotopic (exact) mass is 220 g/mol. The van der Waals surface area contributed by atoms with E-state index in [9.17, 15) is 9.90 Å². The Morgan fingerprint density at radius 1 is 1.62 bits per heavy atom. The number of fused-ring (bicyclic) bond motifs is 1. The zero-order chi connectivity index (χ0) is 11.9. The molecule has 1 heterocycles. The number of aliphatic hydroxyl groups excluding tert-OH is 1. The summed E-state index contributed by atoms with van der Waals surface area (Å²) >= 11 is 0. The van der Waals surface area contributed by atoms with E-state index in [-0.39, 0.29) is 17.7 Å². The summed E-state index contributed by atoms with van der Waals surface area (Å²) in [5.41, 5.74) is 8.22. The molecule has 1 aromatic heterocycles. The first kappa shape index (κ1) is 11.1. The van der Waals surface area contributed by atoms with Crippen LogP contribution in [0.4, 0.5) is 0 Å². The molecule has 0 fully saturated rings. The molecule has 1 aromatic rings. The first-order valence-corrected chi connectivity index (χ1v) is 5.39. The van der Waals surface area contributed by atoms with E-state index in [1.54, 1.807) is 6.07 Å². The first-order valence-electron chi connectivity index (χ1n) is 5.39. The molecule has 1 aliphatic rings. The van der Waals surface area contributed by atoms with E-state index in [1.165, 1.54) is 0 Å². The van der Waals surface area contributed by atoms with E-state index in [4.69, 9.17) is 5.73 Å². The van der Waals surface area contributed by atoms with Crippen molar-refractivity contribution in [1.82, 2.24) is 4.98 Å². The van der Waals surface area contributed by atoms with Crippen LogP contribution in [0, 0.1) is 0 Å². The first-order chi connectivity index (χ1) is 7.45. The number of pyridine rings is 1. The third-order valence-electron chi connectivity index (χ3n) is 3.28. The molecule has 0 saturated carbocycles. The molecule has 0 saturated heterocycles. The van der Waals surface area contributed by atoms with Crippen LogP contribution in [0.2, 0.25) is 0 Å². The predicted octanol–water partition coefficient (Wildman–Crippen LogP) is 0.897. The highest BCUT2D eigenvalue weighted by molar-refractivity contribution is 5.91. The highest BCUT2D eigenvalue weighted by Gasteiger charge is 2.33. The van der Waals surface area contributed by atoms with Crippen molar-refractivity contribution in [1.29, 1.82) is 0 Å². The maximum Gasteiger partial charge on any atom is 0.267 e. The number of aliphatic hydroxyl groups is 1. The van der Waals surface area contributed by atoms with Crippen molar-refractivity contribution in [2.75, 3.05) is 0 Å². The Morgan fingerprint density at radius 2 is 2.31 bits per heavy atom. The summed E-state index contributed by atoms with van der Waals surface area (Å²) in [5, 5.41) is 9.30. The van der Waals surface area contributed by atoms with Gasteiger partial charge in [0.05, 0.1) is 12.3 Å². The number of carbonyl (C=O) groups is 1. The lowest BCUT2D eigenvalue weighted by Gasteiger charge is -2.18. The number of nitrogens with two attached hydrogens (primary N) is 1. The quantitative estimate of drug-likeness (QED) is 0.777. The molecule has 0 atom stereocenters. The second-order valence-electron chi connectivity index (χ2n) is 4.90. The number of primary amides is 1. The smallest absolute Gasteiger partial charge is 0.267 e. The van der Waals surface area contributed by atoms with Gasteiger partial charge in [0, 0.05) is 5.41 Å². The van der Waals surface area contributed by atoms with Crippen LogP contribution in [0.5, 0.6) is 0 Å². The average molecular weight is 220 g/mol. The molecule has 1 aliphatic carbocycles. The lowest BCUT2D eigenvalue weighted by Crippen LogP contribution is -2.20. The molecule has 86 valence electrons. The minimum Gasteiger partial charge on any atom is -0.392 e. The summed E-state index contributed by atoms with van der Waals surface area (Å²) in [4.78, 5) is 15.5. The van der Waals surface area contributed by atoms with Gasteiger partial charge < -0.3 is 10.8 Å². The number of aromatic nitrogens is 1. The largest absolute Gasteiger partial charge is 0.392 e. The van der Waals surface area contributed by atoms with Crippen LogP contribution < -0.4 is 5.73 Å². The standard InChI is InChI=1S/C12H16N2O2/c1-12(2)4-3-8-7(6-15)5-9(11(13)16)14-10(8)12/h5,15H,3-4,6H2,1-2H3,(H2,13,16). The molecule has 0 aliphatic heterocycles. The van der Waals surface area contributed by atoms with Gasteiger partial charge in [-0.3, -0.25) is 4.79 Å². The van der Waals surface area contributed by atoms with Crippen molar-refractivity contribution in [3.8, 4) is 0 Å². The van der Waals surface area contributed by atoms with E-state index in [0.29, 0.717) is 0 Å². The molecule has 4 heteroatoms. The van der Waals surface area contributed by atoms with Crippen LogP contribution in [-0.4, -0.2) is 16.0 Å². The fraction of sp³-hybridized carbons (Fsp3) is 0.500. The summed E-state index contributed by atoms with van der Waals surface area (Å²) in [6.45, 7) is 4.12. The van der Waals surface area contributed by atoms with Crippen molar-refractivity contribution in [3.05, 3.63) is 28.6 Å². The van der Waals surface area contributed by atoms with E-state index in [2.05, 4.69) is 18.8 Å². The Morgan fingerprint density at radius 3 is 2.88 bits per heavy atom. The number of rotatable bonds is 2. The molecule has 16 heavy (non-hydrogen) atoms. The Bertz CT molecular complexity index is 453. The Balaban J connectivity index is 2.64. The molecule has 2 rings (SSSR count). The second-order valence-corrected chi connectivity index (χ2v) is 4.90. The fourth-order valence-corrected chi connectivity index (χ4v) is 2.29. The van der Waals surface area contributed by atoms with Crippen molar-refractivity contribution in [2.24, 2.45) is 5.73 Å². The molecular weight excluding hydrogens is 204 g/mol. The maximum atomic E-state index is 11.2. The van der Waals surface area contributed by atoms with E-state index in [0.717, 1.165) is 29.7 Å². The van der Waals surface area contributed by atoms with Crippen molar-refractivity contribution < 1.29 is 9.90 Å². The van der Waals surface area contributed by atoms with Crippen LogP contribution in [0.25, 0.3) is 0 Å². The van der Waals surface area contributed by atoms with Crippen molar-refractivity contribution >= 4 is 5.91 Å². The number of amides is 1. The van der Waals surface area contributed by atoms with Gasteiger partial charge in [-0.15, -0.1) is 0 Å². The Labute approximate surface area is 94.5 Å². The SMILES string of the molecule is CC1(C)CCc2c(CO)cc(C(N)=O)nc21. The zero-order valence-corrected chi connectivity index (χ0v) is 9.58.